The van der Waals surface area contributed by atoms with Crippen LogP contribution in [0.4, 0.5) is 0 Å². The fourth-order valence-corrected chi connectivity index (χ4v) is 13.3. The molecule has 5 saturated carbocycles. The Morgan fingerprint density at radius 1 is 0.787 bits per heavy atom. The highest BCUT2D eigenvalue weighted by molar-refractivity contribution is 5.78. The summed E-state index contributed by atoms with van der Waals surface area (Å²) < 4.78 is 17.5. The first-order valence-electron chi connectivity index (χ1n) is 18.2. The van der Waals surface area contributed by atoms with Gasteiger partial charge in [0, 0.05) is 12.3 Å². The van der Waals surface area contributed by atoms with Crippen LogP contribution in [0.25, 0.3) is 0 Å². The lowest BCUT2D eigenvalue weighted by atomic mass is 9.32. The standard InChI is InChI=1S/C38H60O9/c1-20(2)22-11-16-38(33(44)47-32-31(43)30(42)29(41)24(19-39)46-32)18-17-36(7)23(28(22)38)9-10-26-35(6)14-13-27(45-21(3)40)34(4,5)25(35)12-15-37(26,36)8/h22-32,39,41-43H,1,9-19H2,2-8H3/t22-,23+,24+,25-,26+,27-,28+,29-,30-,31+,32+,35-,36+,37+,38-/m0/s1. The quantitative estimate of drug-likeness (QED) is 0.239. The molecule has 1 aliphatic heterocycles. The highest BCUT2D eigenvalue weighted by atomic mass is 16.7. The zero-order valence-electron chi connectivity index (χ0n) is 29.7. The highest BCUT2D eigenvalue weighted by Crippen LogP contribution is 2.77. The van der Waals surface area contributed by atoms with E-state index in [1.54, 1.807) is 0 Å². The third kappa shape index (κ3) is 4.94. The number of rotatable bonds is 5. The number of fused-ring (bicyclic) bond motifs is 7. The first-order valence-corrected chi connectivity index (χ1v) is 18.2. The minimum atomic E-state index is -1.62. The topological polar surface area (TPSA) is 143 Å². The Morgan fingerprint density at radius 3 is 2.13 bits per heavy atom. The van der Waals surface area contributed by atoms with Crippen molar-refractivity contribution in [3.8, 4) is 0 Å². The molecule has 0 unspecified atom stereocenters. The molecule has 266 valence electrons. The van der Waals surface area contributed by atoms with Gasteiger partial charge in [0.25, 0.3) is 0 Å². The molecule has 0 aromatic heterocycles. The van der Waals surface area contributed by atoms with Crippen molar-refractivity contribution in [2.45, 2.75) is 149 Å². The summed E-state index contributed by atoms with van der Waals surface area (Å²) in [6.45, 7) is 19.6. The predicted octanol–water partition coefficient (Wildman–Crippen LogP) is 4.92. The molecule has 4 N–H and O–H groups in total. The summed E-state index contributed by atoms with van der Waals surface area (Å²) in [5, 5.41) is 41.1. The van der Waals surface area contributed by atoms with Gasteiger partial charge in [0.2, 0.25) is 6.29 Å². The minimum Gasteiger partial charge on any atom is -0.462 e. The van der Waals surface area contributed by atoms with Gasteiger partial charge in [-0.1, -0.05) is 46.8 Å². The van der Waals surface area contributed by atoms with Crippen LogP contribution < -0.4 is 0 Å². The lowest BCUT2D eigenvalue weighted by Crippen LogP contribution is -2.67. The van der Waals surface area contributed by atoms with E-state index in [1.165, 1.54) is 6.92 Å². The maximum atomic E-state index is 14.4. The molecular formula is C38H60O9. The minimum absolute atomic E-state index is 0.00357. The third-order valence-corrected chi connectivity index (χ3v) is 15.8. The van der Waals surface area contributed by atoms with E-state index < -0.39 is 48.7 Å². The molecule has 9 heteroatoms. The van der Waals surface area contributed by atoms with Gasteiger partial charge in [0.1, 0.15) is 30.5 Å². The first-order chi connectivity index (χ1) is 21.9. The van der Waals surface area contributed by atoms with Crippen LogP contribution in [0.15, 0.2) is 12.2 Å². The van der Waals surface area contributed by atoms with E-state index >= 15 is 0 Å². The maximum absolute atomic E-state index is 14.4. The SMILES string of the molecule is C=C(C)[C@@H]1CC[C@]2(C(=O)O[C@H]3O[C@H](CO)[C@H](O)[C@H](O)[C@H]3O)CC[C@]3(C)[C@H](CC[C@@H]4[C@@]5(C)CC[C@H](OC(C)=O)C(C)(C)[C@@H]5CC[C@]43C)[C@@H]12. The van der Waals surface area contributed by atoms with Gasteiger partial charge in [-0.3, -0.25) is 9.59 Å². The van der Waals surface area contributed by atoms with Crippen molar-refractivity contribution in [2.24, 2.45) is 56.7 Å². The summed E-state index contributed by atoms with van der Waals surface area (Å²) >= 11 is 0. The number of esters is 2. The Hall–Kier alpha value is -1.52. The molecule has 6 rings (SSSR count). The summed E-state index contributed by atoms with van der Waals surface area (Å²) in [4.78, 5) is 26.5. The maximum Gasteiger partial charge on any atom is 0.314 e. The van der Waals surface area contributed by atoms with Crippen LogP contribution in [0, 0.1) is 56.7 Å². The van der Waals surface area contributed by atoms with E-state index in [0.29, 0.717) is 24.7 Å². The van der Waals surface area contributed by atoms with Crippen molar-refractivity contribution < 1.29 is 44.2 Å². The van der Waals surface area contributed by atoms with E-state index in [4.69, 9.17) is 14.2 Å². The molecule has 0 bridgehead atoms. The van der Waals surface area contributed by atoms with Crippen LogP contribution in [0.2, 0.25) is 0 Å². The summed E-state index contributed by atoms with van der Waals surface area (Å²) in [5.41, 5.74) is 0.416. The normalized spacial score (nSPS) is 51.9. The Balaban J connectivity index is 1.31. The Morgan fingerprint density at radius 2 is 1.49 bits per heavy atom. The zero-order valence-corrected chi connectivity index (χ0v) is 29.7. The second kappa shape index (κ2) is 11.8. The molecule has 0 radical (unpaired) electrons. The van der Waals surface area contributed by atoms with Crippen LogP contribution in [0.1, 0.15) is 113 Å². The van der Waals surface area contributed by atoms with Crippen molar-refractivity contribution in [1.29, 1.82) is 0 Å². The van der Waals surface area contributed by atoms with E-state index in [9.17, 15) is 30.0 Å². The third-order valence-electron chi connectivity index (χ3n) is 15.8. The number of hydrogen-bond acceptors (Lipinski definition) is 9. The zero-order chi connectivity index (χ0) is 34.5. The van der Waals surface area contributed by atoms with Crippen LogP contribution in [0.5, 0.6) is 0 Å². The van der Waals surface area contributed by atoms with Crippen molar-refractivity contribution in [1.82, 2.24) is 0 Å². The summed E-state index contributed by atoms with van der Waals surface area (Å²) in [6, 6.07) is 0. The lowest BCUT2D eigenvalue weighted by molar-refractivity contribution is -0.299. The lowest BCUT2D eigenvalue weighted by Gasteiger charge is -2.72. The van der Waals surface area contributed by atoms with Crippen LogP contribution in [0.3, 0.4) is 0 Å². The number of aliphatic hydroxyl groups is 4. The number of ether oxygens (including phenoxy) is 3. The highest BCUT2D eigenvalue weighted by Gasteiger charge is 2.72. The molecule has 47 heavy (non-hydrogen) atoms. The molecule has 9 nitrogen and oxygen atoms in total. The van der Waals surface area contributed by atoms with Gasteiger partial charge in [-0.05, 0) is 117 Å². The molecular weight excluding hydrogens is 600 g/mol. The van der Waals surface area contributed by atoms with Gasteiger partial charge in [0.15, 0.2) is 0 Å². The van der Waals surface area contributed by atoms with Gasteiger partial charge in [-0.15, -0.1) is 0 Å². The van der Waals surface area contributed by atoms with Gasteiger partial charge < -0.3 is 34.6 Å². The fourth-order valence-electron chi connectivity index (χ4n) is 13.3. The van der Waals surface area contributed by atoms with Gasteiger partial charge in [-0.25, -0.2) is 0 Å². The van der Waals surface area contributed by atoms with Crippen LogP contribution >= 0.6 is 0 Å². The largest absolute Gasteiger partial charge is 0.462 e. The van der Waals surface area contributed by atoms with Crippen LogP contribution in [-0.4, -0.2) is 75.8 Å². The van der Waals surface area contributed by atoms with E-state index in [2.05, 4.69) is 48.1 Å². The molecule has 1 saturated heterocycles. The second-order valence-electron chi connectivity index (χ2n) is 17.9. The van der Waals surface area contributed by atoms with Gasteiger partial charge in [0.05, 0.1) is 12.0 Å². The molecule has 1 heterocycles. The predicted molar refractivity (Wildman–Crippen MR) is 174 cm³/mol. The van der Waals surface area contributed by atoms with Crippen molar-refractivity contribution in [3.05, 3.63) is 12.2 Å². The van der Waals surface area contributed by atoms with Crippen molar-refractivity contribution in [3.63, 3.8) is 0 Å². The smallest absolute Gasteiger partial charge is 0.314 e. The second-order valence-corrected chi connectivity index (χ2v) is 17.9. The number of hydrogen-bond donors (Lipinski definition) is 4. The molecule has 0 spiro atoms. The van der Waals surface area contributed by atoms with Gasteiger partial charge in [-0.2, -0.15) is 0 Å². The molecule has 0 amide bonds. The van der Waals surface area contributed by atoms with E-state index in [0.717, 1.165) is 56.9 Å². The monoisotopic (exact) mass is 660 g/mol. The Labute approximate surface area is 280 Å². The summed E-state index contributed by atoms with van der Waals surface area (Å²) in [7, 11) is 0. The Bertz CT molecular complexity index is 1260. The first kappa shape index (κ1) is 35.3. The van der Waals surface area contributed by atoms with E-state index in [-0.39, 0.29) is 51.5 Å². The molecule has 0 aromatic carbocycles. The van der Waals surface area contributed by atoms with E-state index in [1.807, 2.05) is 0 Å². The molecule has 6 aliphatic rings. The average molecular weight is 661 g/mol. The number of carbonyl (C=O) groups excluding carboxylic acids is 2. The summed E-state index contributed by atoms with van der Waals surface area (Å²) in [6.07, 6.45) is 1.93. The van der Waals surface area contributed by atoms with Crippen molar-refractivity contribution >= 4 is 11.9 Å². The molecule has 5 aliphatic carbocycles. The summed E-state index contributed by atoms with van der Waals surface area (Å²) in [5.74, 6) is 0.867. The molecule has 6 fully saturated rings. The number of allylic oxidation sites excluding steroid dienone is 1. The van der Waals surface area contributed by atoms with Crippen molar-refractivity contribution in [2.75, 3.05) is 6.61 Å². The average Bonchev–Trinajstić information content (AvgIpc) is 3.40. The number of carbonyl (C=O) groups is 2. The molecule has 0 aromatic rings. The van der Waals surface area contributed by atoms with Crippen LogP contribution in [-0.2, 0) is 23.8 Å². The molecule has 15 atom stereocenters. The number of aliphatic hydroxyl groups excluding tert-OH is 4. The fraction of sp³-hybridized carbons (Fsp3) is 0.895. The Kier molecular flexibility index (Phi) is 8.85. The van der Waals surface area contributed by atoms with Gasteiger partial charge >= 0.3 is 11.9 Å².